The van der Waals surface area contributed by atoms with Gasteiger partial charge >= 0.3 is 7.82 Å². The van der Waals surface area contributed by atoms with Crippen LogP contribution in [0.5, 0.6) is 0 Å². The van der Waals surface area contributed by atoms with Crippen LogP contribution in [0.4, 0.5) is 0 Å². The Balaban J connectivity index is 4.46. The molecular weight excluding hydrogens is 587 g/mol. The highest BCUT2D eigenvalue weighted by atomic mass is 31.2. The fourth-order valence-corrected chi connectivity index (χ4v) is 5.39. The minimum absolute atomic E-state index is 0.0688. The van der Waals surface area contributed by atoms with E-state index in [1.165, 1.54) is 51.4 Å². The van der Waals surface area contributed by atoms with E-state index < -0.39 is 20.0 Å². The van der Waals surface area contributed by atoms with E-state index in [0.29, 0.717) is 6.42 Å². The first-order valence-electron chi connectivity index (χ1n) is 17.8. The lowest BCUT2D eigenvalue weighted by atomic mass is 10.1. The Bertz CT molecular complexity index is 845. The van der Waals surface area contributed by atoms with Crippen LogP contribution >= 0.6 is 7.82 Å². The molecule has 5 N–H and O–H groups in total. The number of rotatable bonds is 32. The zero-order valence-corrected chi connectivity index (χ0v) is 29.5. The first-order valence-corrected chi connectivity index (χ1v) is 19.3. The summed E-state index contributed by atoms with van der Waals surface area (Å²) in [5.41, 5.74) is 5.34. The number of aliphatic hydroxyl groups excluding tert-OH is 1. The first-order chi connectivity index (χ1) is 21.9. The second-order valence-corrected chi connectivity index (χ2v) is 13.2. The molecule has 0 fully saturated rings. The highest BCUT2D eigenvalue weighted by molar-refractivity contribution is 7.47. The number of hydrogen-bond acceptors (Lipinski definition) is 6. The van der Waals surface area contributed by atoms with Gasteiger partial charge in [-0.3, -0.25) is 13.8 Å². The van der Waals surface area contributed by atoms with Crippen molar-refractivity contribution in [2.24, 2.45) is 5.73 Å². The molecular formula is C36H67N2O6P. The molecule has 0 aromatic rings. The molecule has 3 atom stereocenters. The predicted octanol–water partition coefficient (Wildman–Crippen LogP) is 8.99. The van der Waals surface area contributed by atoms with Crippen LogP contribution in [0.1, 0.15) is 142 Å². The lowest BCUT2D eigenvalue weighted by Gasteiger charge is -2.23. The van der Waals surface area contributed by atoms with Crippen molar-refractivity contribution in [1.82, 2.24) is 5.32 Å². The van der Waals surface area contributed by atoms with Crippen LogP contribution in [0.3, 0.4) is 0 Å². The van der Waals surface area contributed by atoms with Crippen LogP contribution in [0, 0.1) is 0 Å². The molecule has 0 aliphatic rings. The number of nitrogens with one attached hydrogen (secondary N) is 1. The van der Waals surface area contributed by atoms with Crippen molar-refractivity contribution in [3.63, 3.8) is 0 Å². The molecule has 262 valence electrons. The number of hydrogen-bond donors (Lipinski definition) is 4. The van der Waals surface area contributed by atoms with Gasteiger partial charge in [-0.15, -0.1) is 0 Å². The van der Waals surface area contributed by atoms with Gasteiger partial charge in [0, 0.05) is 13.0 Å². The topological polar surface area (TPSA) is 131 Å². The summed E-state index contributed by atoms with van der Waals surface area (Å²) in [5, 5.41) is 13.5. The van der Waals surface area contributed by atoms with Crippen molar-refractivity contribution in [3.8, 4) is 0 Å². The molecule has 9 heteroatoms. The highest BCUT2D eigenvalue weighted by Gasteiger charge is 2.26. The zero-order valence-electron chi connectivity index (χ0n) is 28.6. The summed E-state index contributed by atoms with van der Waals surface area (Å²) >= 11 is 0. The number of carbonyl (C=O) groups excluding carboxylic acids is 1. The number of unbranched alkanes of at least 4 members (excludes halogenated alkanes) is 14. The molecule has 0 bridgehead atoms. The fraction of sp³-hybridized carbons (Fsp3) is 0.750. The maximum Gasteiger partial charge on any atom is 0.472 e. The van der Waals surface area contributed by atoms with Crippen LogP contribution in [-0.2, 0) is 18.4 Å². The molecule has 0 heterocycles. The van der Waals surface area contributed by atoms with E-state index in [4.69, 9.17) is 14.8 Å². The van der Waals surface area contributed by atoms with Crippen LogP contribution in [0.15, 0.2) is 48.6 Å². The standard InChI is InChI=1S/C36H67N2O6P/c1-3-5-7-9-11-13-15-16-17-18-19-20-21-23-25-27-29-35(39)34(33-44-45(41,42)43-32-31-37)38-36(40)30-28-26-24-22-14-12-10-8-6-4-2/h8,10,16-17,20-21,27,29,34-35,39H,3-7,9,11-15,18-19,22-26,28,30-33,37H2,1-2H3,(H,38,40)(H,41,42)/b10-8-,17-16+,21-20+,29-27+. The third-order valence-electron chi connectivity index (χ3n) is 7.34. The quantitative estimate of drug-likeness (QED) is 0.0323. The van der Waals surface area contributed by atoms with E-state index in [1.54, 1.807) is 6.08 Å². The van der Waals surface area contributed by atoms with Gasteiger partial charge in [0.15, 0.2) is 0 Å². The summed E-state index contributed by atoms with van der Waals surface area (Å²) in [6, 6.07) is -0.885. The molecule has 1 amide bonds. The summed E-state index contributed by atoms with van der Waals surface area (Å²) in [6.07, 6.45) is 37.3. The van der Waals surface area contributed by atoms with E-state index in [0.717, 1.165) is 70.6 Å². The third-order valence-corrected chi connectivity index (χ3v) is 8.32. The number of carbonyl (C=O) groups is 1. The number of nitrogens with two attached hydrogens (primary N) is 1. The second kappa shape index (κ2) is 32.4. The van der Waals surface area contributed by atoms with Gasteiger partial charge in [0.25, 0.3) is 0 Å². The molecule has 0 aromatic carbocycles. The fourth-order valence-electron chi connectivity index (χ4n) is 4.63. The molecule has 0 aromatic heterocycles. The molecule has 45 heavy (non-hydrogen) atoms. The minimum Gasteiger partial charge on any atom is -0.387 e. The van der Waals surface area contributed by atoms with E-state index in [1.807, 2.05) is 6.08 Å². The van der Waals surface area contributed by atoms with Crippen molar-refractivity contribution >= 4 is 13.7 Å². The van der Waals surface area contributed by atoms with Crippen molar-refractivity contribution in [1.29, 1.82) is 0 Å². The molecule has 0 spiro atoms. The summed E-state index contributed by atoms with van der Waals surface area (Å²) < 4.78 is 21.9. The summed E-state index contributed by atoms with van der Waals surface area (Å²) in [5.74, 6) is -0.224. The van der Waals surface area contributed by atoms with Crippen molar-refractivity contribution < 1.29 is 28.4 Å². The normalized spacial score (nSPS) is 15.0. The van der Waals surface area contributed by atoms with Crippen LogP contribution < -0.4 is 11.1 Å². The number of phosphoric acid groups is 1. The second-order valence-electron chi connectivity index (χ2n) is 11.7. The van der Waals surface area contributed by atoms with Gasteiger partial charge in [-0.05, 0) is 64.2 Å². The van der Waals surface area contributed by atoms with E-state index >= 15 is 0 Å². The Labute approximate surface area is 275 Å². The predicted molar refractivity (Wildman–Crippen MR) is 189 cm³/mol. The number of phosphoric ester groups is 1. The van der Waals surface area contributed by atoms with Crippen molar-refractivity contribution in [3.05, 3.63) is 48.6 Å². The molecule has 0 aliphatic carbocycles. The third kappa shape index (κ3) is 30.9. The van der Waals surface area contributed by atoms with Gasteiger partial charge in [-0.2, -0.15) is 0 Å². The van der Waals surface area contributed by atoms with Gasteiger partial charge in [-0.1, -0.05) is 120 Å². The van der Waals surface area contributed by atoms with E-state index in [9.17, 15) is 19.4 Å². The maximum absolute atomic E-state index is 12.6. The molecule has 0 rings (SSSR count). The first kappa shape index (κ1) is 43.5. The summed E-state index contributed by atoms with van der Waals surface area (Å²) in [4.78, 5) is 22.5. The molecule has 8 nitrogen and oxygen atoms in total. The average molecular weight is 655 g/mol. The van der Waals surface area contributed by atoms with Gasteiger partial charge in [-0.25, -0.2) is 4.57 Å². The van der Waals surface area contributed by atoms with Gasteiger partial charge in [0.05, 0.1) is 25.4 Å². The van der Waals surface area contributed by atoms with Gasteiger partial charge < -0.3 is 21.1 Å². The Morgan fingerprint density at radius 1 is 0.711 bits per heavy atom. The maximum atomic E-state index is 12.6. The summed E-state index contributed by atoms with van der Waals surface area (Å²) in [7, 11) is -4.34. The minimum atomic E-state index is -4.34. The lowest BCUT2D eigenvalue weighted by molar-refractivity contribution is -0.123. The monoisotopic (exact) mass is 654 g/mol. The largest absolute Gasteiger partial charge is 0.472 e. The zero-order chi connectivity index (χ0) is 33.3. The SMILES string of the molecule is CCC/C=C\CCCCCCCC(=O)NC(COP(=O)(O)OCCN)C(O)/C=C/CC/C=C/CC/C=C/CCCCCCCC. The molecule has 0 saturated carbocycles. The van der Waals surface area contributed by atoms with Gasteiger partial charge in [0.1, 0.15) is 0 Å². The number of amides is 1. The lowest BCUT2D eigenvalue weighted by Crippen LogP contribution is -2.45. The summed E-state index contributed by atoms with van der Waals surface area (Å²) in [6.45, 7) is 3.99. The number of allylic oxidation sites excluding steroid dienone is 7. The van der Waals surface area contributed by atoms with Crippen molar-refractivity contribution in [2.75, 3.05) is 19.8 Å². The number of aliphatic hydroxyl groups is 1. The highest BCUT2D eigenvalue weighted by Crippen LogP contribution is 2.43. The van der Waals surface area contributed by atoms with Crippen LogP contribution in [0.25, 0.3) is 0 Å². The Morgan fingerprint density at radius 3 is 1.80 bits per heavy atom. The van der Waals surface area contributed by atoms with E-state index in [-0.39, 0.29) is 25.7 Å². The Hall–Kier alpha value is -1.54. The smallest absolute Gasteiger partial charge is 0.387 e. The van der Waals surface area contributed by atoms with Crippen LogP contribution in [0.2, 0.25) is 0 Å². The molecule has 0 aliphatic heterocycles. The molecule has 0 radical (unpaired) electrons. The van der Waals surface area contributed by atoms with E-state index in [2.05, 4.69) is 55.6 Å². The molecule has 3 unspecified atom stereocenters. The molecule has 0 saturated heterocycles. The van der Waals surface area contributed by atoms with Crippen molar-refractivity contribution in [2.45, 2.75) is 154 Å². The van der Waals surface area contributed by atoms with Gasteiger partial charge in [0.2, 0.25) is 5.91 Å². The average Bonchev–Trinajstić information content (AvgIpc) is 3.02. The Morgan fingerprint density at radius 2 is 1.22 bits per heavy atom. The van der Waals surface area contributed by atoms with Crippen LogP contribution in [-0.4, -0.2) is 47.8 Å². The Kier molecular flexibility index (Phi) is 31.3.